The molecular formula is C20H20N6O. The van der Waals surface area contributed by atoms with E-state index in [1.807, 2.05) is 17.6 Å². The van der Waals surface area contributed by atoms with Crippen molar-refractivity contribution in [2.75, 3.05) is 31.2 Å². The fourth-order valence-corrected chi connectivity index (χ4v) is 4.29. The SMILES string of the molecule is Cc1n[nH]c2ccc(-c3cnc4ccc(N5CCC6(COC6)C5)nn34)cc12. The van der Waals surface area contributed by atoms with Gasteiger partial charge >= 0.3 is 0 Å². The van der Waals surface area contributed by atoms with Gasteiger partial charge in [0.1, 0.15) is 5.82 Å². The van der Waals surface area contributed by atoms with Gasteiger partial charge in [-0.25, -0.2) is 9.50 Å². The summed E-state index contributed by atoms with van der Waals surface area (Å²) in [5, 5.41) is 13.4. The summed E-state index contributed by atoms with van der Waals surface area (Å²) in [4.78, 5) is 6.92. The van der Waals surface area contributed by atoms with Crippen LogP contribution in [0.25, 0.3) is 27.8 Å². The summed E-state index contributed by atoms with van der Waals surface area (Å²) < 4.78 is 7.40. The number of aromatic amines is 1. The van der Waals surface area contributed by atoms with Crippen molar-refractivity contribution in [1.29, 1.82) is 0 Å². The van der Waals surface area contributed by atoms with Crippen LogP contribution in [-0.4, -0.2) is 51.1 Å². The number of aromatic nitrogens is 5. The normalized spacial score (nSPS) is 18.6. The molecule has 4 aromatic rings. The van der Waals surface area contributed by atoms with E-state index in [4.69, 9.17) is 9.84 Å². The number of ether oxygens (including phenoxy) is 1. The van der Waals surface area contributed by atoms with E-state index in [-0.39, 0.29) is 0 Å². The first-order valence-electron chi connectivity index (χ1n) is 9.33. The first-order valence-corrected chi connectivity index (χ1v) is 9.33. The lowest BCUT2D eigenvalue weighted by molar-refractivity contribution is -0.0985. The molecule has 1 N–H and O–H groups in total. The lowest BCUT2D eigenvalue weighted by Gasteiger charge is -2.37. The molecule has 0 bridgehead atoms. The number of H-pyrrole nitrogens is 1. The molecule has 2 fully saturated rings. The van der Waals surface area contributed by atoms with E-state index in [2.05, 4.69) is 50.4 Å². The Hall–Kier alpha value is -2.93. The molecule has 3 aromatic heterocycles. The number of hydrogen-bond acceptors (Lipinski definition) is 5. The molecule has 0 radical (unpaired) electrons. The van der Waals surface area contributed by atoms with Crippen molar-refractivity contribution < 1.29 is 4.74 Å². The van der Waals surface area contributed by atoms with Gasteiger partial charge in [-0.3, -0.25) is 5.10 Å². The highest BCUT2D eigenvalue weighted by Gasteiger charge is 2.44. The number of aryl methyl sites for hydroxylation is 1. The van der Waals surface area contributed by atoms with E-state index in [0.29, 0.717) is 5.41 Å². The molecule has 0 saturated carbocycles. The Bertz CT molecular complexity index is 1170. The minimum atomic E-state index is 0.345. The van der Waals surface area contributed by atoms with Crippen molar-refractivity contribution in [3.8, 4) is 11.3 Å². The number of nitrogens with zero attached hydrogens (tertiary/aromatic N) is 5. The van der Waals surface area contributed by atoms with E-state index in [0.717, 1.165) is 65.6 Å². The number of nitrogens with one attached hydrogen (secondary N) is 1. The molecule has 1 spiro atoms. The Morgan fingerprint density at radius 2 is 2.11 bits per heavy atom. The first kappa shape index (κ1) is 15.2. The van der Waals surface area contributed by atoms with E-state index in [1.54, 1.807) is 0 Å². The molecular weight excluding hydrogens is 340 g/mol. The van der Waals surface area contributed by atoms with Crippen molar-refractivity contribution in [3.05, 3.63) is 42.2 Å². The third-order valence-corrected chi connectivity index (χ3v) is 5.98. The van der Waals surface area contributed by atoms with Crippen molar-refractivity contribution in [3.63, 3.8) is 0 Å². The van der Waals surface area contributed by atoms with Crippen LogP contribution in [0.3, 0.4) is 0 Å². The Morgan fingerprint density at radius 3 is 2.93 bits per heavy atom. The van der Waals surface area contributed by atoms with Gasteiger partial charge in [0.25, 0.3) is 0 Å². The van der Waals surface area contributed by atoms with Crippen LogP contribution in [0.1, 0.15) is 12.1 Å². The number of anilines is 1. The molecule has 27 heavy (non-hydrogen) atoms. The summed E-state index contributed by atoms with van der Waals surface area (Å²) in [5.41, 5.74) is 5.34. The first-order chi connectivity index (χ1) is 13.2. The van der Waals surface area contributed by atoms with Crippen LogP contribution in [0.5, 0.6) is 0 Å². The highest BCUT2D eigenvalue weighted by Crippen LogP contribution is 2.39. The summed E-state index contributed by atoms with van der Waals surface area (Å²) in [5.74, 6) is 1.01. The van der Waals surface area contributed by atoms with E-state index < -0.39 is 0 Å². The molecule has 0 unspecified atom stereocenters. The average Bonchev–Trinajstić information content (AvgIpc) is 3.37. The molecule has 7 heteroatoms. The molecule has 7 nitrogen and oxygen atoms in total. The van der Waals surface area contributed by atoms with Gasteiger partial charge in [-0.1, -0.05) is 6.07 Å². The van der Waals surface area contributed by atoms with Gasteiger partial charge in [0.15, 0.2) is 5.65 Å². The van der Waals surface area contributed by atoms with Crippen molar-refractivity contribution in [1.82, 2.24) is 24.8 Å². The van der Waals surface area contributed by atoms with Gasteiger partial charge < -0.3 is 9.64 Å². The van der Waals surface area contributed by atoms with Gasteiger partial charge in [-0.15, -0.1) is 5.10 Å². The summed E-state index contributed by atoms with van der Waals surface area (Å²) in [6, 6.07) is 10.4. The van der Waals surface area contributed by atoms with Gasteiger partial charge in [-0.2, -0.15) is 5.10 Å². The fraction of sp³-hybridized carbons (Fsp3) is 0.350. The Balaban J connectivity index is 1.43. The van der Waals surface area contributed by atoms with Crippen LogP contribution < -0.4 is 4.90 Å². The lowest BCUT2D eigenvalue weighted by Crippen LogP contribution is -2.44. The summed E-state index contributed by atoms with van der Waals surface area (Å²) in [7, 11) is 0. The van der Waals surface area contributed by atoms with Gasteiger partial charge in [0.05, 0.1) is 36.3 Å². The zero-order chi connectivity index (χ0) is 18.0. The zero-order valence-electron chi connectivity index (χ0n) is 15.1. The van der Waals surface area contributed by atoms with Crippen molar-refractivity contribution in [2.24, 2.45) is 5.41 Å². The maximum Gasteiger partial charge on any atom is 0.154 e. The molecule has 5 heterocycles. The summed E-state index contributed by atoms with van der Waals surface area (Å²) in [6.45, 7) is 5.83. The van der Waals surface area contributed by atoms with E-state index >= 15 is 0 Å². The second-order valence-corrected chi connectivity index (χ2v) is 7.84. The maximum atomic E-state index is 5.45. The third-order valence-electron chi connectivity index (χ3n) is 5.98. The fourth-order valence-electron chi connectivity index (χ4n) is 4.29. The molecule has 136 valence electrons. The molecule has 2 saturated heterocycles. The van der Waals surface area contributed by atoms with Crippen LogP contribution in [0.15, 0.2) is 36.5 Å². The zero-order valence-corrected chi connectivity index (χ0v) is 15.1. The van der Waals surface area contributed by atoms with E-state index in [9.17, 15) is 0 Å². The second kappa shape index (κ2) is 5.29. The molecule has 2 aliphatic heterocycles. The van der Waals surface area contributed by atoms with Gasteiger partial charge in [0.2, 0.25) is 0 Å². The quantitative estimate of drug-likeness (QED) is 0.595. The minimum absolute atomic E-state index is 0.345. The summed E-state index contributed by atoms with van der Waals surface area (Å²) in [6.07, 6.45) is 3.08. The topological polar surface area (TPSA) is 71.3 Å². The van der Waals surface area contributed by atoms with Gasteiger partial charge in [-0.05, 0) is 37.6 Å². The standard InChI is InChI=1S/C20H20N6O/c1-13-15-8-14(2-3-16(15)23-22-13)17-9-21-18-4-5-19(24-26(17)18)25-7-6-20(10-25)11-27-12-20/h2-5,8-9H,6-7,10-12H2,1H3,(H,22,23). The van der Waals surface area contributed by atoms with Crippen LogP contribution in [0.2, 0.25) is 0 Å². The third kappa shape index (κ3) is 2.21. The predicted octanol–water partition coefficient (Wildman–Crippen LogP) is 2.81. The Labute approximate surface area is 156 Å². The molecule has 6 rings (SSSR count). The molecule has 0 atom stereocenters. The van der Waals surface area contributed by atoms with Crippen LogP contribution in [-0.2, 0) is 4.74 Å². The number of imidazole rings is 1. The molecule has 0 amide bonds. The van der Waals surface area contributed by atoms with Crippen LogP contribution in [0.4, 0.5) is 5.82 Å². The maximum absolute atomic E-state index is 5.45. The predicted molar refractivity (Wildman–Crippen MR) is 103 cm³/mol. The minimum Gasteiger partial charge on any atom is -0.380 e. The molecule has 1 aromatic carbocycles. The highest BCUT2D eigenvalue weighted by atomic mass is 16.5. The molecule has 0 aliphatic carbocycles. The lowest BCUT2D eigenvalue weighted by atomic mass is 9.85. The number of benzene rings is 1. The smallest absolute Gasteiger partial charge is 0.154 e. The average molecular weight is 360 g/mol. The number of fused-ring (bicyclic) bond motifs is 2. The second-order valence-electron chi connectivity index (χ2n) is 7.84. The Kier molecular flexibility index (Phi) is 2.97. The van der Waals surface area contributed by atoms with Crippen molar-refractivity contribution in [2.45, 2.75) is 13.3 Å². The monoisotopic (exact) mass is 360 g/mol. The highest BCUT2D eigenvalue weighted by molar-refractivity contribution is 5.86. The largest absolute Gasteiger partial charge is 0.380 e. The van der Waals surface area contributed by atoms with Crippen molar-refractivity contribution >= 4 is 22.4 Å². The van der Waals surface area contributed by atoms with E-state index in [1.165, 1.54) is 6.42 Å². The van der Waals surface area contributed by atoms with Crippen LogP contribution in [0, 0.1) is 12.3 Å². The van der Waals surface area contributed by atoms with Gasteiger partial charge in [0, 0.05) is 29.5 Å². The number of rotatable bonds is 2. The summed E-state index contributed by atoms with van der Waals surface area (Å²) >= 11 is 0. The van der Waals surface area contributed by atoms with Crippen LogP contribution >= 0.6 is 0 Å². The molecule has 2 aliphatic rings. The Morgan fingerprint density at radius 1 is 1.19 bits per heavy atom. The number of hydrogen-bond donors (Lipinski definition) is 1.